The maximum Gasteiger partial charge on any atom is 0.124 e. The molecule has 0 amide bonds. The number of halogens is 1. The summed E-state index contributed by atoms with van der Waals surface area (Å²) in [6, 6.07) is 3.68. The number of hydrogen-bond acceptors (Lipinski definition) is 3. The molecule has 1 rings (SSSR count). The molecular weight excluding hydrogens is 206 g/mol. The molecule has 0 aromatic carbocycles. The summed E-state index contributed by atoms with van der Waals surface area (Å²) in [5.74, 6) is 0.530. The summed E-state index contributed by atoms with van der Waals surface area (Å²) in [4.78, 5) is 4.09. The standard InChI is InChI=1S/C7H10BrN3/c8-5-3-6(1-2-9)11-7(10)4-5/h3-4H,1-2,9H2,(H2,10,11). The summed E-state index contributed by atoms with van der Waals surface area (Å²) in [5.41, 5.74) is 11.8. The van der Waals surface area contributed by atoms with Crippen molar-refractivity contribution in [1.29, 1.82) is 0 Å². The number of nitrogens with two attached hydrogens (primary N) is 2. The highest BCUT2D eigenvalue weighted by molar-refractivity contribution is 9.10. The van der Waals surface area contributed by atoms with Crippen LogP contribution in [0.2, 0.25) is 0 Å². The van der Waals surface area contributed by atoms with Gasteiger partial charge in [-0.1, -0.05) is 15.9 Å². The van der Waals surface area contributed by atoms with Crippen LogP contribution in [0.3, 0.4) is 0 Å². The third kappa shape index (κ3) is 2.48. The number of nitrogen functional groups attached to an aromatic ring is 1. The summed E-state index contributed by atoms with van der Waals surface area (Å²) < 4.78 is 0.952. The molecule has 1 heterocycles. The Hall–Kier alpha value is -0.610. The zero-order valence-electron chi connectivity index (χ0n) is 6.05. The van der Waals surface area contributed by atoms with Crippen LogP contribution < -0.4 is 11.5 Å². The second kappa shape index (κ2) is 3.69. The van der Waals surface area contributed by atoms with Crippen molar-refractivity contribution in [2.24, 2.45) is 5.73 Å². The molecule has 0 aliphatic rings. The molecule has 0 bridgehead atoms. The summed E-state index contributed by atoms with van der Waals surface area (Å²) in [5, 5.41) is 0. The molecule has 0 atom stereocenters. The average Bonchev–Trinajstić information content (AvgIpc) is 1.85. The van der Waals surface area contributed by atoms with E-state index in [2.05, 4.69) is 20.9 Å². The van der Waals surface area contributed by atoms with E-state index < -0.39 is 0 Å². The zero-order chi connectivity index (χ0) is 8.27. The van der Waals surface area contributed by atoms with E-state index in [1.54, 1.807) is 6.07 Å². The van der Waals surface area contributed by atoms with E-state index in [9.17, 15) is 0 Å². The van der Waals surface area contributed by atoms with Gasteiger partial charge in [0.15, 0.2) is 0 Å². The number of rotatable bonds is 2. The molecule has 0 aliphatic heterocycles. The van der Waals surface area contributed by atoms with Gasteiger partial charge in [-0.3, -0.25) is 0 Å². The molecule has 4 heteroatoms. The molecule has 0 fully saturated rings. The maximum atomic E-state index is 5.51. The molecule has 1 aromatic rings. The van der Waals surface area contributed by atoms with Gasteiger partial charge in [0, 0.05) is 16.6 Å². The molecule has 1 aromatic heterocycles. The highest BCUT2D eigenvalue weighted by Crippen LogP contribution is 2.13. The van der Waals surface area contributed by atoms with Crippen LogP contribution in [-0.2, 0) is 6.42 Å². The van der Waals surface area contributed by atoms with Crippen LogP contribution in [0.15, 0.2) is 16.6 Å². The average molecular weight is 216 g/mol. The normalized spacial score (nSPS) is 10.0. The van der Waals surface area contributed by atoms with Gasteiger partial charge in [-0.25, -0.2) is 4.98 Å². The first-order chi connectivity index (χ1) is 5.22. The Bertz CT molecular complexity index is 229. The molecule has 11 heavy (non-hydrogen) atoms. The lowest BCUT2D eigenvalue weighted by atomic mass is 10.3. The van der Waals surface area contributed by atoms with Gasteiger partial charge < -0.3 is 11.5 Å². The van der Waals surface area contributed by atoms with Gasteiger partial charge in [0.05, 0.1) is 0 Å². The number of pyridine rings is 1. The van der Waals surface area contributed by atoms with E-state index >= 15 is 0 Å². The number of anilines is 1. The molecule has 4 N–H and O–H groups in total. The monoisotopic (exact) mass is 215 g/mol. The quantitative estimate of drug-likeness (QED) is 0.772. The topological polar surface area (TPSA) is 64.9 Å². The number of hydrogen-bond donors (Lipinski definition) is 2. The van der Waals surface area contributed by atoms with Crippen molar-refractivity contribution in [3.63, 3.8) is 0 Å². The van der Waals surface area contributed by atoms with Crippen molar-refractivity contribution in [2.45, 2.75) is 6.42 Å². The first-order valence-corrected chi connectivity index (χ1v) is 4.13. The van der Waals surface area contributed by atoms with Gasteiger partial charge in [-0.05, 0) is 18.7 Å². The van der Waals surface area contributed by atoms with E-state index in [0.29, 0.717) is 12.4 Å². The fraction of sp³-hybridized carbons (Fsp3) is 0.286. The fourth-order valence-corrected chi connectivity index (χ4v) is 1.35. The van der Waals surface area contributed by atoms with Crippen LogP contribution in [0.4, 0.5) is 5.82 Å². The summed E-state index contributed by atoms with van der Waals surface area (Å²) in [7, 11) is 0. The third-order valence-electron chi connectivity index (χ3n) is 1.26. The Morgan fingerprint density at radius 3 is 2.73 bits per heavy atom. The Balaban J connectivity index is 2.89. The lowest BCUT2D eigenvalue weighted by Crippen LogP contribution is -2.05. The molecule has 60 valence electrons. The predicted molar refractivity (Wildman–Crippen MR) is 49.1 cm³/mol. The third-order valence-corrected chi connectivity index (χ3v) is 1.72. The van der Waals surface area contributed by atoms with Crippen molar-refractivity contribution in [2.75, 3.05) is 12.3 Å². The van der Waals surface area contributed by atoms with Gasteiger partial charge in [0.25, 0.3) is 0 Å². The lowest BCUT2D eigenvalue weighted by molar-refractivity contribution is 0.924. The van der Waals surface area contributed by atoms with Gasteiger partial charge in [0.2, 0.25) is 0 Å². The predicted octanol–water partition coefficient (Wildman–Crippen LogP) is 0.927. The van der Waals surface area contributed by atoms with E-state index in [1.807, 2.05) is 6.07 Å². The largest absolute Gasteiger partial charge is 0.384 e. The minimum absolute atomic E-state index is 0.530. The summed E-state index contributed by atoms with van der Waals surface area (Å²) in [6.07, 6.45) is 0.768. The molecule has 0 aliphatic carbocycles. The van der Waals surface area contributed by atoms with E-state index in [0.717, 1.165) is 16.6 Å². The van der Waals surface area contributed by atoms with Crippen LogP contribution in [0.1, 0.15) is 5.69 Å². The van der Waals surface area contributed by atoms with Crippen molar-refractivity contribution in [1.82, 2.24) is 4.98 Å². The van der Waals surface area contributed by atoms with Crippen molar-refractivity contribution >= 4 is 21.7 Å². The van der Waals surface area contributed by atoms with Gasteiger partial charge >= 0.3 is 0 Å². The first-order valence-electron chi connectivity index (χ1n) is 3.34. The molecule has 0 unspecified atom stereocenters. The van der Waals surface area contributed by atoms with Crippen molar-refractivity contribution in [3.05, 3.63) is 22.3 Å². The Kier molecular flexibility index (Phi) is 2.84. The summed E-state index contributed by atoms with van der Waals surface area (Å²) >= 11 is 3.32. The van der Waals surface area contributed by atoms with Gasteiger partial charge in [-0.2, -0.15) is 0 Å². The Morgan fingerprint density at radius 2 is 2.18 bits per heavy atom. The molecule has 0 radical (unpaired) electrons. The fourth-order valence-electron chi connectivity index (χ4n) is 0.848. The highest BCUT2D eigenvalue weighted by Gasteiger charge is 1.96. The first kappa shape index (κ1) is 8.49. The van der Waals surface area contributed by atoms with Crippen molar-refractivity contribution in [3.8, 4) is 0 Å². The smallest absolute Gasteiger partial charge is 0.124 e. The van der Waals surface area contributed by atoms with Gasteiger partial charge in [-0.15, -0.1) is 0 Å². The van der Waals surface area contributed by atoms with Crippen LogP contribution in [0, 0.1) is 0 Å². The number of nitrogens with zero attached hydrogens (tertiary/aromatic N) is 1. The molecule has 0 spiro atoms. The SMILES string of the molecule is NCCc1cc(Br)cc(N)n1. The van der Waals surface area contributed by atoms with Gasteiger partial charge in [0.1, 0.15) is 5.82 Å². The minimum atomic E-state index is 0.530. The van der Waals surface area contributed by atoms with Crippen LogP contribution >= 0.6 is 15.9 Å². The molecule has 0 saturated carbocycles. The zero-order valence-corrected chi connectivity index (χ0v) is 7.63. The van der Waals surface area contributed by atoms with Crippen molar-refractivity contribution < 1.29 is 0 Å². The Labute approximate surface area is 73.9 Å². The van der Waals surface area contributed by atoms with E-state index in [-0.39, 0.29) is 0 Å². The molecular formula is C7H10BrN3. The number of aromatic nitrogens is 1. The second-order valence-corrected chi connectivity index (χ2v) is 3.16. The van der Waals surface area contributed by atoms with Crippen LogP contribution in [0.5, 0.6) is 0 Å². The van der Waals surface area contributed by atoms with Crippen LogP contribution in [0.25, 0.3) is 0 Å². The molecule has 3 nitrogen and oxygen atoms in total. The Morgan fingerprint density at radius 1 is 1.45 bits per heavy atom. The van der Waals surface area contributed by atoms with Crippen LogP contribution in [-0.4, -0.2) is 11.5 Å². The highest BCUT2D eigenvalue weighted by atomic mass is 79.9. The molecule has 0 saturated heterocycles. The van der Waals surface area contributed by atoms with E-state index in [1.165, 1.54) is 0 Å². The van der Waals surface area contributed by atoms with E-state index in [4.69, 9.17) is 11.5 Å². The summed E-state index contributed by atoms with van der Waals surface area (Å²) in [6.45, 7) is 0.600. The second-order valence-electron chi connectivity index (χ2n) is 2.24. The lowest BCUT2D eigenvalue weighted by Gasteiger charge is -1.99. The minimum Gasteiger partial charge on any atom is -0.384 e. The maximum absolute atomic E-state index is 5.51.